The van der Waals surface area contributed by atoms with Crippen LogP contribution in [0.2, 0.25) is 0 Å². The number of anilines is 1. The van der Waals surface area contributed by atoms with Crippen LogP contribution in [0.4, 0.5) is 18.9 Å². The minimum absolute atomic E-state index is 0.0259. The van der Waals surface area contributed by atoms with Crippen molar-refractivity contribution in [2.45, 2.75) is 65.6 Å². The van der Waals surface area contributed by atoms with Crippen LogP contribution >= 0.6 is 0 Å². The molecule has 240 valence electrons. The van der Waals surface area contributed by atoms with Gasteiger partial charge in [0.15, 0.2) is 0 Å². The van der Waals surface area contributed by atoms with E-state index in [1.165, 1.54) is 29.2 Å². The molecule has 4 aromatic rings. The first-order valence-corrected chi connectivity index (χ1v) is 15.2. The molecule has 6 rings (SSSR count). The Bertz CT molecular complexity index is 2050. The first kappa shape index (κ1) is 31.9. The zero-order valence-corrected chi connectivity index (χ0v) is 27.1. The lowest BCUT2D eigenvalue weighted by atomic mass is 9.84. The fourth-order valence-electron chi connectivity index (χ4n) is 6.26. The molecule has 4 aromatic carbocycles. The zero-order chi connectivity index (χ0) is 34.4. The predicted molar refractivity (Wildman–Crippen MR) is 174 cm³/mol. The number of nitrogens with zero attached hydrogens (tertiary/aromatic N) is 2. The molecule has 4 amide bonds. The number of aryl methyl sites for hydroxylation is 1. The average molecular weight is 639 g/mol. The number of rotatable bonds is 3. The van der Waals surface area contributed by atoms with Crippen LogP contribution in [0.3, 0.4) is 0 Å². The highest BCUT2D eigenvalue weighted by atomic mass is 19.4. The van der Waals surface area contributed by atoms with E-state index in [1.807, 2.05) is 32.9 Å². The number of carbonyl (C=O) groups is 4. The molecule has 0 fully saturated rings. The molecular formula is C38H33F3N2O4. The maximum Gasteiger partial charge on any atom is 0.417 e. The fourth-order valence-corrected chi connectivity index (χ4v) is 6.26. The molecule has 9 heteroatoms. The monoisotopic (exact) mass is 638 g/mol. The maximum absolute atomic E-state index is 14.5. The van der Waals surface area contributed by atoms with Gasteiger partial charge in [0.05, 0.1) is 33.5 Å². The first-order chi connectivity index (χ1) is 21.8. The summed E-state index contributed by atoms with van der Waals surface area (Å²) in [6.45, 7) is 13.1. The van der Waals surface area contributed by atoms with Gasteiger partial charge in [-0.15, -0.1) is 0 Å². The molecule has 0 N–H and O–H groups in total. The Labute approximate surface area is 270 Å². The Morgan fingerprint density at radius 3 is 1.55 bits per heavy atom. The molecule has 6 nitrogen and oxygen atoms in total. The van der Waals surface area contributed by atoms with Crippen molar-refractivity contribution in [1.29, 1.82) is 0 Å². The number of benzene rings is 4. The van der Waals surface area contributed by atoms with Crippen molar-refractivity contribution < 1.29 is 32.3 Å². The van der Waals surface area contributed by atoms with Crippen LogP contribution in [0.15, 0.2) is 72.8 Å². The third-order valence-electron chi connectivity index (χ3n) is 8.73. The van der Waals surface area contributed by atoms with Gasteiger partial charge in [0, 0.05) is 5.54 Å². The Morgan fingerprint density at radius 1 is 0.532 bits per heavy atom. The van der Waals surface area contributed by atoms with Gasteiger partial charge >= 0.3 is 6.18 Å². The number of fused-ring (bicyclic) bond motifs is 2. The van der Waals surface area contributed by atoms with Crippen molar-refractivity contribution in [3.63, 3.8) is 0 Å². The van der Waals surface area contributed by atoms with E-state index in [1.54, 1.807) is 58.0 Å². The molecule has 0 saturated heterocycles. The number of halogens is 3. The molecule has 2 aliphatic heterocycles. The predicted octanol–water partition coefficient (Wildman–Crippen LogP) is 8.84. The third-order valence-corrected chi connectivity index (χ3v) is 8.73. The highest BCUT2D eigenvalue weighted by molar-refractivity contribution is 6.34. The van der Waals surface area contributed by atoms with Crippen molar-refractivity contribution in [1.82, 2.24) is 4.90 Å². The molecule has 0 aliphatic carbocycles. The summed E-state index contributed by atoms with van der Waals surface area (Å²) in [5.41, 5.74) is 1.59. The molecular weight excluding hydrogens is 605 g/mol. The minimum atomic E-state index is -4.76. The van der Waals surface area contributed by atoms with Gasteiger partial charge in [-0.25, -0.2) is 4.90 Å². The summed E-state index contributed by atoms with van der Waals surface area (Å²) >= 11 is 0. The topological polar surface area (TPSA) is 74.8 Å². The van der Waals surface area contributed by atoms with Crippen LogP contribution in [-0.2, 0) is 11.6 Å². The quantitative estimate of drug-likeness (QED) is 0.210. The third kappa shape index (κ3) is 5.23. The summed E-state index contributed by atoms with van der Waals surface area (Å²) in [5, 5.41) is 0. The van der Waals surface area contributed by atoms with E-state index in [9.17, 15) is 32.3 Å². The molecule has 0 aromatic heterocycles. The molecule has 0 atom stereocenters. The number of imide groups is 2. The molecule has 47 heavy (non-hydrogen) atoms. The summed E-state index contributed by atoms with van der Waals surface area (Å²) in [6, 6.07) is 18.2. The van der Waals surface area contributed by atoms with E-state index in [2.05, 4.69) is 0 Å². The normalized spacial score (nSPS) is 15.1. The van der Waals surface area contributed by atoms with Crippen molar-refractivity contribution in [3.05, 3.63) is 112 Å². The standard InChI is InChI=1S/C38H33F3N2O4/c1-20-16-23(36(2,3)4)10-14-25(20)26-15-11-24(19-31(26)38(39,40)41)42-32(44)27-12-8-21(17-29(27)33(42)45)22-9-13-28-30(18-22)35(47)43(34(28)46)37(5,6)7/h8-19H,1-7H3. The molecule has 0 saturated carbocycles. The van der Waals surface area contributed by atoms with Crippen molar-refractivity contribution in [2.24, 2.45) is 0 Å². The van der Waals surface area contributed by atoms with Gasteiger partial charge < -0.3 is 0 Å². The smallest absolute Gasteiger partial charge is 0.269 e. The minimum Gasteiger partial charge on any atom is -0.269 e. The molecule has 0 radical (unpaired) electrons. The number of hydrogen-bond acceptors (Lipinski definition) is 4. The highest BCUT2D eigenvalue weighted by Crippen LogP contribution is 2.43. The summed E-state index contributed by atoms with van der Waals surface area (Å²) in [4.78, 5) is 55.1. The van der Waals surface area contributed by atoms with Gasteiger partial charge in [0.2, 0.25) is 0 Å². The number of amides is 4. The summed E-state index contributed by atoms with van der Waals surface area (Å²) in [7, 11) is 0. The van der Waals surface area contributed by atoms with Gasteiger partial charge in [0.1, 0.15) is 0 Å². The fraction of sp³-hybridized carbons (Fsp3) is 0.263. The van der Waals surface area contributed by atoms with Gasteiger partial charge in [0.25, 0.3) is 23.6 Å². The molecule has 0 unspecified atom stereocenters. The maximum atomic E-state index is 14.5. The Balaban J connectivity index is 1.36. The molecule has 0 bridgehead atoms. The van der Waals surface area contributed by atoms with Crippen LogP contribution in [-0.4, -0.2) is 34.1 Å². The van der Waals surface area contributed by atoms with Gasteiger partial charge in [-0.1, -0.05) is 57.2 Å². The SMILES string of the molecule is Cc1cc(C(C)(C)C)ccc1-c1ccc(N2C(=O)c3ccc(-c4ccc5c(c4)C(=O)N(C(C)(C)C)C5=O)cc3C2=O)cc1C(F)(F)F. The highest BCUT2D eigenvalue weighted by Gasteiger charge is 2.43. The first-order valence-electron chi connectivity index (χ1n) is 15.2. The Morgan fingerprint density at radius 2 is 1.02 bits per heavy atom. The number of alkyl halides is 3. The summed E-state index contributed by atoms with van der Waals surface area (Å²) in [6.07, 6.45) is -4.76. The average Bonchev–Trinajstić information content (AvgIpc) is 3.39. The van der Waals surface area contributed by atoms with E-state index in [0.717, 1.165) is 16.5 Å². The van der Waals surface area contributed by atoms with Crippen LogP contribution < -0.4 is 4.90 Å². The zero-order valence-electron chi connectivity index (χ0n) is 27.1. The van der Waals surface area contributed by atoms with Crippen LogP contribution in [0.1, 0.15) is 99.7 Å². The van der Waals surface area contributed by atoms with Crippen LogP contribution in [0.25, 0.3) is 22.3 Å². The number of hydrogen-bond donors (Lipinski definition) is 0. The molecule has 0 spiro atoms. The lowest BCUT2D eigenvalue weighted by Gasteiger charge is -2.29. The van der Waals surface area contributed by atoms with Crippen molar-refractivity contribution in [3.8, 4) is 22.3 Å². The van der Waals surface area contributed by atoms with E-state index < -0.39 is 40.9 Å². The van der Waals surface area contributed by atoms with Crippen LogP contribution in [0.5, 0.6) is 0 Å². The van der Waals surface area contributed by atoms with E-state index >= 15 is 0 Å². The van der Waals surface area contributed by atoms with Crippen molar-refractivity contribution in [2.75, 3.05) is 4.90 Å². The molecule has 2 heterocycles. The van der Waals surface area contributed by atoms with Crippen LogP contribution in [0, 0.1) is 6.92 Å². The number of carbonyl (C=O) groups excluding carboxylic acids is 4. The van der Waals surface area contributed by atoms with Gasteiger partial charge in [-0.2, -0.15) is 13.2 Å². The van der Waals surface area contributed by atoms with Crippen molar-refractivity contribution >= 4 is 29.3 Å². The molecule has 2 aliphatic rings. The Hall–Kier alpha value is -5.05. The second-order valence-corrected chi connectivity index (χ2v) is 14.1. The Kier molecular flexibility index (Phi) is 7.12. The van der Waals surface area contributed by atoms with Gasteiger partial charge in [-0.05, 0) is 103 Å². The second kappa shape index (κ2) is 10.5. The summed E-state index contributed by atoms with van der Waals surface area (Å²) in [5.74, 6) is -2.32. The van der Waals surface area contributed by atoms with E-state index in [4.69, 9.17) is 0 Å². The van der Waals surface area contributed by atoms with E-state index in [-0.39, 0.29) is 38.9 Å². The lowest BCUT2D eigenvalue weighted by molar-refractivity contribution is -0.137. The largest absolute Gasteiger partial charge is 0.417 e. The summed E-state index contributed by atoms with van der Waals surface area (Å²) < 4.78 is 43.5. The lowest BCUT2D eigenvalue weighted by Crippen LogP contribution is -2.45. The second-order valence-electron chi connectivity index (χ2n) is 14.1. The van der Waals surface area contributed by atoms with E-state index in [0.29, 0.717) is 22.3 Å². The van der Waals surface area contributed by atoms with Gasteiger partial charge in [-0.3, -0.25) is 24.1 Å².